The standard InChI is InChI=1S/C19H21NO3/c1-4-14-7-5-6-8-17(14)20-19(21)12-9-15-13-16(22-2)10-11-18(15)23-3/h5-13H,4H2,1-3H3,(H,20,21)/b12-9+. The Labute approximate surface area is 136 Å². The van der Waals surface area contributed by atoms with Crippen LogP contribution in [0.5, 0.6) is 11.5 Å². The Bertz CT molecular complexity index is 708. The van der Waals surface area contributed by atoms with Crippen molar-refractivity contribution in [1.82, 2.24) is 0 Å². The molecule has 1 amide bonds. The minimum Gasteiger partial charge on any atom is -0.497 e. The van der Waals surface area contributed by atoms with Gasteiger partial charge >= 0.3 is 0 Å². The number of para-hydroxylation sites is 1. The lowest BCUT2D eigenvalue weighted by Gasteiger charge is -2.08. The van der Waals surface area contributed by atoms with Crippen molar-refractivity contribution in [1.29, 1.82) is 0 Å². The van der Waals surface area contributed by atoms with E-state index in [0.717, 1.165) is 23.2 Å². The Morgan fingerprint density at radius 3 is 2.61 bits per heavy atom. The summed E-state index contributed by atoms with van der Waals surface area (Å²) in [5.74, 6) is 1.21. The lowest BCUT2D eigenvalue weighted by molar-refractivity contribution is -0.111. The van der Waals surface area contributed by atoms with Gasteiger partial charge in [0.25, 0.3) is 0 Å². The zero-order chi connectivity index (χ0) is 16.7. The Morgan fingerprint density at radius 2 is 1.91 bits per heavy atom. The van der Waals surface area contributed by atoms with Crippen LogP contribution >= 0.6 is 0 Å². The number of benzene rings is 2. The number of carbonyl (C=O) groups is 1. The summed E-state index contributed by atoms with van der Waals surface area (Å²) in [6.07, 6.45) is 4.07. The minimum atomic E-state index is -0.184. The van der Waals surface area contributed by atoms with E-state index in [9.17, 15) is 4.79 Å². The second-order valence-electron chi connectivity index (χ2n) is 4.94. The maximum absolute atomic E-state index is 12.1. The molecule has 0 heterocycles. The molecule has 4 heteroatoms. The zero-order valence-electron chi connectivity index (χ0n) is 13.6. The number of aryl methyl sites for hydroxylation is 1. The number of hydrogen-bond donors (Lipinski definition) is 1. The molecule has 0 saturated carbocycles. The molecule has 0 saturated heterocycles. The summed E-state index contributed by atoms with van der Waals surface area (Å²) in [6.45, 7) is 2.06. The van der Waals surface area contributed by atoms with Crippen molar-refractivity contribution in [3.63, 3.8) is 0 Å². The predicted molar refractivity (Wildman–Crippen MR) is 93.0 cm³/mol. The molecule has 0 aliphatic rings. The molecule has 0 aromatic heterocycles. The van der Waals surface area contributed by atoms with Crippen LogP contribution < -0.4 is 14.8 Å². The molecule has 2 aromatic rings. The van der Waals surface area contributed by atoms with Gasteiger partial charge in [0.05, 0.1) is 14.2 Å². The summed E-state index contributed by atoms with van der Waals surface area (Å²) in [4.78, 5) is 12.1. The molecule has 0 bridgehead atoms. The highest BCUT2D eigenvalue weighted by molar-refractivity contribution is 6.02. The second kappa shape index (κ2) is 8.03. The molecule has 1 N–H and O–H groups in total. The molecular formula is C19H21NO3. The van der Waals surface area contributed by atoms with Crippen LogP contribution in [0.2, 0.25) is 0 Å². The van der Waals surface area contributed by atoms with Crippen LogP contribution in [-0.2, 0) is 11.2 Å². The zero-order valence-corrected chi connectivity index (χ0v) is 13.6. The Kier molecular flexibility index (Phi) is 5.80. The third kappa shape index (κ3) is 4.36. The van der Waals surface area contributed by atoms with E-state index >= 15 is 0 Å². The second-order valence-corrected chi connectivity index (χ2v) is 4.94. The van der Waals surface area contributed by atoms with Gasteiger partial charge in [-0.25, -0.2) is 0 Å². The third-order valence-corrected chi connectivity index (χ3v) is 3.51. The van der Waals surface area contributed by atoms with Gasteiger partial charge in [0.1, 0.15) is 11.5 Å². The van der Waals surface area contributed by atoms with E-state index in [1.165, 1.54) is 6.08 Å². The lowest BCUT2D eigenvalue weighted by Crippen LogP contribution is -2.09. The van der Waals surface area contributed by atoms with Gasteiger partial charge in [-0.15, -0.1) is 0 Å². The van der Waals surface area contributed by atoms with Gasteiger partial charge in [0.2, 0.25) is 5.91 Å². The molecule has 0 atom stereocenters. The first kappa shape index (κ1) is 16.6. The van der Waals surface area contributed by atoms with Gasteiger partial charge in [-0.2, -0.15) is 0 Å². The summed E-state index contributed by atoms with van der Waals surface area (Å²) in [6, 6.07) is 13.2. The van der Waals surface area contributed by atoms with Crippen LogP contribution in [0.4, 0.5) is 5.69 Å². The summed E-state index contributed by atoms with van der Waals surface area (Å²) in [5, 5.41) is 2.90. The summed E-state index contributed by atoms with van der Waals surface area (Å²) in [7, 11) is 3.19. The number of anilines is 1. The molecule has 0 fully saturated rings. The van der Waals surface area contributed by atoms with Crippen LogP contribution in [0.25, 0.3) is 6.08 Å². The number of carbonyl (C=O) groups excluding carboxylic acids is 1. The Balaban J connectivity index is 2.15. The third-order valence-electron chi connectivity index (χ3n) is 3.51. The van der Waals surface area contributed by atoms with Crippen LogP contribution in [-0.4, -0.2) is 20.1 Å². The van der Waals surface area contributed by atoms with Crippen molar-refractivity contribution in [2.75, 3.05) is 19.5 Å². The van der Waals surface area contributed by atoms with Crippen LogP contribution in [0.1, 0.15) is 18.1 Å². The number of rotatable bonds is 6. The van der Waals surface area contributed by atoms with Gasteiger partial charge in [0.15, 0.2) is 0 Å². The number of hydrogen-bond acceptors (Lipinski definition) is 3. The van der Waals surface area contributed by atoms with E-state index in [1.54, 1.807) is 20.3 Å². The van der Waals surface area contributed by atoms with E-state index < -0.39 is 0 Å². The topological polar surface area (TPSA) is 47.6 Å². The average molecular weight is 311 g/mol. The Hall–Kier alpha value is -2.75. The first-order chi connectivity index (χ1) is 11.2. The first-order valence-corrected chi connectivity index (χ1v) is 7.47. The van der Waals surface area contributed by atoms with E-state index in [2.05, 4.69) is 12.2 Å². The van der Waals surface area contributed by atoms with Crippen molar-refractivity contribution in [2.24, 2.45) is 0 Å². The molecule has 0 radical (unpaired) electrons. The smallest absolute Gasteiger partial charge is 0.248 e. The van der Waals surface area contributed by atoms with Crippen molar-refractivity contribution in [3.05, 3.63) is 59.7 Å². The average Bonchev–Trinajstić information content (AvgIpc) is 2.60. The van der Waals surface area contributed by atoms with Crippen molar-refractivity contribution >= 4 is 17.7 Å². The molecule has 120 valence electrons. The molecular weight excluding hydrogens is 290 g/mol. The first-order valence-electron chi connectivity index (χ1n) is 7.47. The SMILES string of the molecule is CCc1ccccc1NC(=O)/C=C/c1cc(OC)ccc1OC. The molecule has 0 unspecified atom stereocenters. The van der Waals surface area contributed by atoms with Crippen LogP contribution in [0, 0.1) is 0 Å². The van der Waals surface area contributed by atoms with E-state index in [1.807, 2.05) is 42.5 Å². The fraction of sp³-hybridized carbons (Fsp3) is 0.211. The highest BCUT2D eigenvalue weighted by atomic mass is 16.5. The van der Waals surface area contributed by atoms with E-state index in [0.29, 0.717) is 11.5 Å². The van der Waals surface area contributed by atoms with Gasteiger partial charge in [-0.05, 0) is 42.3 Å². The number of amides is 1. The van der Waals surface area contributed by atoms with Crippen molar-refractivity contribution in [2.45, 2.75) is 13.3 Å². The quantitative estimate of drug-likeness (QED) is 0.823. The van der Waals surface area contributed by atoms with E-state index in [4.69, 9.17) is 9.47 Å². The summed E-state index contributed by atoms with van der Waals surface area (Å²) in [5.41, 5.74) is 2.72. The minimum absolute atomic E-state index is 0.184. The molecule has 2 aromatic carbocycles. The molecule has 0 aliphatic carbocycles. The summed E-state index contributed by atoms with van der Waals surface area (Å²) >= 11 is 0. The van der Waals surface area contributed by atoms with Crippen molar-refractivity contribution in [3.8, 4) is 11.5 Å². The number of methoxy groups -OCH3 is 2. The predicted octanol–water partition coefficient (Wildman–Crippen LogP) is 3.92. The highest BCUT2D eigenvalue weighted by Gasteiger charge is 2.05. The van der Waals surface area contributed by atoms with Crippen LogP contribution in [0.3, 0.4) is 0 Å². The fourth-order valence-corrected chi connectivity index (χ4v) is 2.26. The molecule has 2 rings (SSSR count). The number of nitrogens with one attached hydrogen (secondary N) is 1. The van der Waals surface area contributed by atoms with Gasteiger partial charge < -0.3 is 14.8 Å². The molecule has 4 nitrogen and oxygen atoms in total. The van der Waals surface area contributed by atoms with Crippen LogP contribution in [0.15, 0.2) is 48.5 Å². The van der Waals surface area contributed by atoms with Gasteiger partial charge in [-0.3, -0.25) is 4.79 Å². The monoisotopic (exact) mass is 311 g/mol. The van der Waals surface area contributed by atoms with Crippen molar-refractivity contribution < 1.29 is 14.3 Å². The normalized spacial score (nSPS) is 10.6. The van der Waals surface area contributed by atoms with Gasteiger partial charge in [-0.1, -0.05) is 25.1 Å². The van der Waals surface area contributed by atoms with Gasteiger partial charge in [0, 0.05) is 17.3 Å². The maximum Gasteiger partial charge on any atom is 0.248 e. The molecule has 0 spiro atoms. The molecule has 0 aliphatic heterocycles. The fourth-order valence-electron chi connectivity index (χ4n) is 2.26. The summed E-state index contributed by atoms with van der Waals surface area (Å²) < 4.78 is 10.5. The van der Waals surface area contributed by atoms with E-state index in [-0.39, 0.29) is 5.91 Å². The largest absolute Gasteiger partial charge is 0.497 e. The molecule has 23 heavy (non-hydrogen) atoms. The Morgan fingerprint density at radius 1 is 1.13 bits per heavy atom. The lowest BCUT2D eigenvalue weighted by atomic mass is 10.1. The highest BCUT2D eigenvalue weighted by Crippen LogP contribution is 2.25. The number of ether oxygens (including phenoxy) is 2. The maximum atomic E-state index is 12.1.